The zero-order valence-corrected chi connectivity index (χ0v) is 14.6. The van der Waals surface area contributed by atoms with Crippen LogP contribution in [-0.2, 0) is 25.7 Å². The Hall–Kier alpha value is -2.56. The summed E-state index contributed by atoms with van der Waals surface area (Å²) in [6.07, 6.45) is -4.44. The third-order valence-corrected chi connectivity index (χ3v) is 4.52. The van der Waals surface area contributed by atoms with Gasteiger partial charge in [0.25, 0.3) is 0 Å². The number of alkyl halides is 3. The fraction of sp³-hybridized carbons (Fsp3) is 0.412. The summed E-state index contributed by atoms with van der Waals surface area (Å²) in [6, 6.07) is 0.578. The van der Waals surface area contributed by atoms with Crippen molar-refractivity contribution in [3.05, 3.63) is 59.1 Å². The molecule has 28 heavy (non-hydrogen) atoms. The SMILES string of the molecule is C=C(C[C@H](N)Cc1cc(F)c(F)cc1F)N1CCn2c(nnc2C(F)(F)F)C1. The van der Waals surface area contributed by atoms with Crippen LogP contribution in [0.3, 0.4) is 0 Å². The maximum absolute atomic E-state index is 13.7. The Bertz CT molecular complexity index is 891. The molecule has 1 aromatic carbocycles. The molecule has 5 nitrogen and oxygen atoms in total. The minimum Gasteiger partial charge on any atom is -0.366 e. The Morgan fingerprint density at radius 1 is 1.11 bits per heavy atom. The minimum absolute atomic E-state index is 0.0310. The van der Waals surface area contributed by atoms with E-state index in [9.17, 15) is 26.3 Å². The van der Waals surface area contributed by atoms with E-state index in [1.807, 2.05) is 0 Å². The zero-order valence-electron chi connectivity index (χ0n) is 14.6. The van der Waals surface area contributed by atoms with Crippen molar-refractivity contribution in [2.75, 3.05) is 6.54 Å². The van der Waals surface area contributed by atoms with Crippen molar-refractivity contribution in [2.45, 2.75) is 38.1 Å². The second-order valence-electron chi connectivity index (χ2n) is 6.60. The summed E-state index contributed by atoms with van der Waals surface area (Å²) in [5.41, 5.74) is 6.44. The topological polar surface area (TPSA) is 60.0 Å². The summed E-state index contributed by atoms with van der Waals surface area (Å²) in [7, 11) is 0. The number of rotatable bonds is 5. The maximum Gasteiger partial charge on any atom is 0.451 e. The lowest BCUT2D eigenvalue weighted by atomic mass is 10.0. The average molecular weight is 405 g/mol. The standard InChI is InChI=1S/C17H17F6N5/c1-9(4-11(24)5-10-6-13(19)14(20)7-12(10)18)27-2-3-28-15(8-27)25-26-16(28)17(21,22)23/h6-7,11H,1-5,8,24H2/t11-/m0/s1. The zero-order chi connectivity index (χ0) is 20.6. The van der Waals surface area contributed by atoms with Gasteiger partial charge in [0.1, 0.15) is 5.82 Å². The number of aromatic nitrogens is 3. The average Bonchev–Trinajstić information content (AvgIpc) is 3.03. The van der Waals surface area contributed by atoms with Crippen LogP contribution in [0.15, 0.2) is 24.4 Å². The van der Waals surface area contributed by atoms with E-state index in [0.717, 1.165) is 10.6 Å². The van der Waals surface area contributed by atoms with E-state index in [2.05, 4.69) is 16.8 Å². The van der Waals surface area contributed by atoms with Gasteiger partial charge in [0.05, 0.1) is 6.54 Å². The highest BCUT2D eigenvalue weighted by molar-refractivity contribution is 5.21. The maximum atomic E-state index is 13.7. The normalized spacial score (nSPS) is 15.5. The van der Waals surface area contributed by atoms with Crippen LogP contribution in [-0.4, -0.2) is 32.3 Å². The van der Waals surface area contributed by atoms with Crippen LogP contribution in [0.25, 0.3) is 0 Å². The first-order valence-electron chi connectivity index (χ1n) is 8.37. The summed E-state index contributed by atoms with van der Waals surface area (Å²) in [4.78, 5) is 1.71. The lowest BCUT2D eigenvalue weighted by molar-refractivity contribution is -0.147. The van der Waals surface area contributed by atoms with Crippen LogP contribution >= 0.6 is 0 Å². The largest absolute Gasteiger partial charge is 0.451 e. The van der Waals surface area contributed by atoms with Crippen LogP contribution in [0.5, 0.6) is 0 Å². The molecule has 11 heteroatoms. The summed E-state index contributed by atoms with van der Waals surface area (Å²) < 4.78 is 79.7. The van der Waals surface area contributed by atoms with Crippen LogP contribution in [0.4, 0.5) is 26.3 Å². The van der Waals surface area contributed by atoms with Crippen LogP contribution in [0.1, 0.15) is 23.6 Å². The smallest absolute Gasteiger partial charge is 0.366 e. The first kappa shape index (κ1) is 20.2. The highest BCUT2D eigenvalue weighted by atomic mass is 19.4. The molecule has 0 unspecified atom stereocenters. The molecule has 0 radical (unpaired) electrons. The molecular weight excluding hydrogens is 388 g/mol. The molecule has 2 N–H and O–H groups in total. The molecule has 152 valence electrons. The Morgan fingerprint density at radius 3 is 2.46 bits per heavy atom. The summed E-state index contributed by atoms with van der Waals surface area (Å²) in [6.45, 7) is 4.24. The Morgan fingerprint density at radius 2 is 1.79 bits per heavy atom. The van der Waals surface area contributed by atoms with Gasteiger partial charge in [-0.15, -0.1) is 10.2 Å². The molecule has 0 saturated heterocycles. The van der Waals surface area contributed by atoms with Gasteiger partial charge in [0, 0.05) is 37.3 Å². The number of nitrogens with zero attached hydrogens (tertiary/aromatic N) is 4. The van der Waals surface area contributed by atoms with Gasteiger partial charge in [0.2, 0.25) is 5.82 Å². The van der Waals surface area contributed by atoms with Gasteiger partial charge in [-0.25, -0.2) is 13.2 Å². The van der Waals surface area contributed by atoms with E-state index in [-0.39, 0.29) is 43.9 Å². The van der Waals surface area contributed by atoms with Crippen molar-refractivity contribution in [2.24, 2.45) is 5.73 Å². The molecule has 1 aliphatic rings. The molecule has 1 atom stereocenters. The first-order valence-corrected chi connectivity index (χ1v) is 8.37. The summed E-state index contributed by atoms with van der Waals surface area (Å²) >= 11 is 0. The second-order valence-corrected chi connectivity index (χ2v) is 6.60. The van der Waals surface area contributed by atoms with E-state index < -0.39 is 35.5 Å². The van der Waals surface area contributed by atoms with Gasteiger partial charge in [0.15, 0.2) is 17.5 Å². The Balaban J connectivity index is 1.63. The Labute approximate surface area is 156 Å². The van der Waals surface area contributed by atoms with Crippen LogP contribution in [0.2, 0.25) is 0 Å². The molecule has 0 saturated carbocycles. The molecule has 2 aromatic rings. The predicted octanol–water partition coefficient (Wildman–Crippen LogP) is 3.00. The summed E-state index contributed by atoms with van der Waals surface area (Å²) in [5.74, 6) is -4.24. The van der Waals surface area contributed by atoms with E-state index in [4.69, 9.17) is 5.73 Å². The number of benzene rings is 1. The predicted molar refractivity (Wildman–Crippen MR) is 87.2 cm³/mol. The van der Waals surface area contributed by atoms with Crippen molar-refractivity contribution in [3.8, 4) is 0 Å². The number of hydrogen-bond donors (Lipinski definition) is 1. The fourth-order valence-electron chi connectivity index (χ4n) is 3.14. The number of fused-ring (bicyclic) bond motifs is 1. The van der Waals surface area contributed by atoms with Crippen LogP contribution < -0.4 is 5.73 Å². The highest BCUT2D eigenvalue weighted by Crippen LogP contribution is 2.30. The van der Waals surface area contributed by atoms with E-state index >= 15 is 0 Å². The quantitative estimate of drug-likeness (QED) is 0.614. The van der Waals surface area contributed by atoms with Gasteiger partial charge in [-0.2, -0.15) is 13.2 Å². The lowest BCUT2D eigenvalue weighted by Crippen LogP contribution is -2.36. The van der Waals surface area contributed by atoms with Gasteiger partial charge < -0.3 is 15.2 Å². The van der Waals surface area contributed by atoms with Crippen molar-refractivity contribution < 1.29 is 26.3 Å². The van der Waals surface area contributed by atoms with Crippen molar-refractivity contribution in [1.82, 2.24) is 19.7 Å². The van der Waals surface area contributed by atoms with E-state index in [1.54, 1.807) is 4.90 Å². The molecule has 0 amide bonds. The third kappa shape index (κ3) is 4.13. The molecule has 1 aromatic heterocycles. The number of hydrogen-bond acceptors (Lipinski definition) is 4. The monoisotopic (exact) mass is 405 g/mol. The Kier molecular flexibility index (Phi) is 5.37. The number of nitrogens with two attached hydrogens (primary N) is 1. The van der Waals surface area contributed by atoms with E-state index in [1.165, 1.54) is 0 Å². The van der Waals surface area contributed by atoms with Gasteiger partial charge in [-0.1, -0.05) is 6.58 Å². The lowest BCUT2D eigenvalue weighted by Gasteiger charge is -2.32. The van der Waals surface area contributed by atoms with Gasteiger partial charge >= 0.3 is 6.18 Å². The van der Waals surface area contributed by atoms with Crippen LogP contribution in [0, 0.1) is 17.5 Å². The van der Waals surface area contributed by atoms with Gasteiger partial charge in [-0.3, -0.25) is 0 Å². The second kappa shape index (κ2) is 7.46. The molecule has 1 aliphatic heterocycles. The molecule has 0 bridgehead atoms. The molecule has 0 spiro atoms. The van der Waals surface area contributed by atoms with Crippen molar-refractivity contribution >= 4 is 0 Å². The third-order valence-electron chi connectivity index (χ3n) is 4.52. The molecule has 0 fully saturated rings. The van der Waals surface area contributed by atoms with Crippen molar-refractivity contribution in [1.29, 1.82) is 0 Å². The molecular formula is C17H17F6N5. The minimum atomic E-state index is -4.58. The first-order chi connectivity index (χ1) is 13.1. The van der Waals surface area contributed by atoms with E-state index in [0.29, 0.717) is 11.8 Å². The number of halogens is 6. The molecule has 2 heterocycles. The molecule has 3 rings (SSSR count). The van der Waals surface area contributed by atoms with Crippen molar-refractivity contribution in [3.63, 3.8) is 0 Å². The summed E-state index contributed by atoms with van der Waals surface area (Å²) in [5, 5.41) is 6.79. The highest BCUT2D eigenvalue weighted by Gasteiger charge is 2.39. The molecule has 0 aliphatic carbocycles. The van der Waals surface area contributed by atoms with Gasteiger partial charge in [-0.05, 0) is 18.1 Å². The fourth-order valence-corrected chi connectivity index (χ4v) is 3.14.